The van der Waals surface area contributed by atoms with E-state index < -0.39 is 4.83 Å². The highest BCUT2D eigenvalue weighted by atomic mass is 79.9. The molecule has 0 aliphatic carbocycles. The smallest absolute Gasteiger partial charge is 0.150 e. The molecule has 2 nitrogen and oxygen atoms in total. The van der Waals surface area contributed by atoms with Crippen molar-refractivity contribution < 1.29 is 9.59 Å². The number of hydrogen-bond donors (Lipinski definition) is 1. The molecule has 0 saturated heterocycles. The average molecular weight is 273 g/mol. The number of thiol groups is 1. The second kappa shape index (κ2) is 4.75. The first-order chi connectivity index (χ1) is 6.56. The lowest BCUT2D eigenvalue weighted by Gasteiger charge is -2.09. The summed E-state index contributed by atoms with van der Waals surface area (Å²) in [4.78, 5) is 22.1. The SMILES string of the molecule is CC(=O)C(Br)c1ccc(S)cc1C=O. The molecule has 1 aromatic rings. The third kappa shape index (κ3) is 2.45. The number of carbonyl (C=O) groups is 2. The lowest BCUT2D eigenvalue weighted by Crippen LogP contribution is -2.04. The summed E-state index contributed by atoms with van der Waals surface area (Å²) in [6.45, 7) is 1.47. The summed E-state index contributed by atoms with van der Waals surface area (Å²) in [5.74, 6) is -0.0278. The Hall–Kier alpha value is -0.610. The zero-order valence-corrected chi connectivity index (χ0v) is 10.0. The van der Waals surface area contributed by atoms with E-state index in [4.69, 9.17) is 0 Å². The Morgan fingerprint density at radius 2 is 2.21 bits per heavy atom. The molecule has 1 rings (SSSR count). The Morgan fingerprint density at radius 3 is 2.71 bits per heavy atom. The van der Waals surface area contributed by atoms with Gasteiger partial charge in [0.1, 0.15) is 12.1 Å². The van der Waals surface area contributed by atoms with Crippen LogP contribution in [0.5, 0.6) is 0 Å². The summed E-state index contributed by atoms with van der Waals surface area (Å²) in [6, 6.07) is 5.12. The van der Waals surface area contributed by atoms with Crippen LogP contribution in [0.4, 0.5) is 0 Å². The lowest BCUT2D eigenvalue weighted by molar-refractivity contribution is -0.116. The summed E-state index contributed by atoms with van der Waals surface area (Å²) in [5, 5.41) is 0. The maximum Gasteiger partial charge on any atom is 0.150 e. The van der Waals surface area contributed by atoms with Gasteiger partial charge in [-0.3, -0.25) is 9.59 Å². The summed E-state index contributed by atoms with van der Waals surface area (Å²) >= 11 is 7.35. The Morgan fingerprint density at radius 1 is 1.57 bits per heavy atom. The fraction of sp³-hybridized carbons (Fsp3) is 0.200. The molecular formula is C10H9BrO2S. The molecule has 0 bridgehead atoms. The minimum Gasteiger partial charge on any atom is -0.298 e. The van der Waals surface area contributed by atoms with E-state index in [9.17, 15) is 9.59 Å². The van der Waals surface area contributed by atoms with Crippen molar-refractivity contribution in [1.82, 2.24) is 0 Å². The number of benzene rings is 1. The highest BCUT2D eigenvalue weighted by Gasteiger charge is 2.16. The molecule has 0 fully saturated rings. The largest absolute Gasteiger partial charge is 0.298 e. The molecule has 74 valence electrons. The second-order valence-electron chi connectivity index (χ2n) is 2.90. The summed E-state index contributed by atoms with van der Waals surface area (Å²) in [5.41, 5.74) is 1.18. The minimum absolute atomic E-state index is 0.0278. The van der Waals surface area contributed by atoms with Crippen molar-refractivity contribution in [2.75, 3.05) is 0 Å². The highest BCUT2D eigenvalue weighted by Crippen LogP contribution is 2.27. The van der Waals surface area contributed by atoms with Crippen LogP contribution in [0.15, 0.2) is 23.1 Å². The standard InChI is InChI=1S/C10H9BrO2S/c1-6(13)10(11)9-3-2-8(14)4-7(9)5-12/h2-5,10,14H,1H3. The Balaban J connectivity index is 3.20. The van der Waals surface area contributed by atoms with Crippen molar-refractivity contribution in [2.24, 2.45) is 0 Å². The molecule has 1 aromatic carbocycles. The van der Waals surface area contributed by atoms with Crippen LogP contribution in [0.2, 0.25) is 0 Å². The molecule has 0 heterocycles. The zero-order chi connectivity index (χ0) is 10.7. The number of alkyl halides is 1. The molecule has 4 heteroatoms. The summed E-state index contributed by atoms with van der Waals surface area (Å²) < 4.78 is 0. The summed E-state index contributed by atoms with van der Waals surface area (Å²) in [7, 11) is 0. The van der Waals surface area contributed by atoms with Crippen LogP contribution in [0.1, 0.15) is 27.7 Å². The van der Waals surface area contributed by atoms with Gasteiger partial charge in [-0.1, -0.05) is 22.0 Å². The van der Waals surface area contributed by atoms with Crippen molar-refractivity contribution in [3.05, 3.63) is 29.3 Å². The van der Waals surface area contributed by atoms with Crippen LogP contribution in [-0.2, 0) is 4.79 Å². The maximum absolute atomic E-state index is 11.1. The third-order valence-corrected chi connectivity index (χ3v) is 3.24. The topological polar surface area (TPSA) is 34.1 Å². The van der Waals surface area contributed by atoms with Gasteiger partial charge >= 0.3 is 0 Å². The molecule has 0 spiro atoms. The van der Waals surface area contributed by atoms with E-state index in [1.54, 1.807) is 18.2 Å². The van der Waals surface area contributed by atoms with Crippen LogP contribution in [0.25, 0.3) is 0 Å². The van der Waals surface area contributed by atoms with Gasteiger partial charge in [0.15, 0.2) is 0 Å². The molecule has 1 atom stereocenters. The number of halogens is 1. The minimum atomic E-state index is -0.420. The first-order valence-corrected chi connectivity index (χ1v) is 5.35. The molecule has 0 radical (unpaired) electrons. The first kappa shape index (κ1) is 11.5. The average Bonchev–Trinajstić information content (AvgIpc) is 2.16. The van der Waals surface area contributed by atoms with Crippen molar-refractivity contribution in [3.63, 3.8) is 0 Å². The van der Waals surface area contributed by atoms with Gasteiger partial charge in [0, 0.05) is 10.5 Å². The second-order valence-corrected chi connectivity index (χ2v) is 4.34. The quantitative estimate of drug-likeness (QED) is 0.522. The number of aldehydes is 1. The number of carbonyl (C=O) groups excluding carboxylic acids is 2. The maximum atomic E-state index is 11.1. The van der Waals surface area contributed by atoms with Gasteiger partial charge in [-0.25, -0.2) is 0 Å². The lowest BCUT2D eigenvalue weighted by atomic mass is 10.0. The van der Waals surface area contributed by atoms with Crippen LogP contribution < -0.4 is 0 Å². The van der Waals surface area contributed by atoms with Crippen molar-refractivity contribution in [2.45, 2.75) is 16.6 Å². The Labute approximate surface area is 96.2 Å². The first-order valence-electron chi connectivity index (χ1n) is 3.99. The van der Waals surface area contributed by atoms with Crippen LogP contribution >= 0.6 is 28.6 Å². The molecule has 0 amide bonds. The van der Waals surface area contributed by atoms with Gasteiger partial charge in [0.2, 0.25) is 0 Å². The van der Waals surface area contributed by atoms with E-state index in [1.165, 1.54) is 6.92 Å². The van der Waals surface area contributed by atoms with Gasteiger partial charge in [-0.05, 0) is 24.6 Å². The van der Waals surface area contributed by atoms with Crippen LogP contribution in [0.3, 0.4) is 0 Å². The normalized spacial score (nSPS) is 12.2. The molecule has 14 heavy (non-hydrogen) atoms. The Kier molecular flexibility index (Phi) is 3.89. The van der Waals surface area contributed by atoms with Crippen molar-refractivity contribution >= 4 is 40.6 Å². The van der Waals surface area contributed by atoms with Crippen molar-refractivity contribution in [3.8, 4) is 0 Å². The number of Topliss-reactive ketones (excluding diaryl/α,β-unsaturated/α-hetero) is 1. The van der Waals surface area contributed by atoms with Gasteiger partial charge in [-0.2, -0.15) is 0 Å². The van der Waals surface area contributed by atoms with Gasteiger partial charge in [0.05, 0.1) is 4.83 Å². The van der Waals surface area contributed by atoms with E-state index in [2.05, 4.69) is 28.6 Å². The molecule has 0 aliphatic rings. The van der Waals surface area contributed by atoms with E-state index in [0.717, 1.165) is 6.29 Å². The van der Waals surface area contributed by atoms with Crippen molar-refractivity contribution in [1.29, 1.82) is 0 Å². The predicted molar refractivity (Wildman–Crippen MR) is 61.4 cm³/mol. The van der Waals surface area contributed by atoms with E-state index in [-0.39, 0.29) is 5.78 Å². The third-order valence-electron chi connectivity index (χ3n) is 1.83. The summed E-state index contributed by atoms with van der Waals surface area (Å²) in [6.07, 6.45) is 0.728. The predicted octanol–water partition coefficient (Wildman–Crippen LogP) is 2.81. The van der Waals surface area contributed by atoms with Crippen LogP contribution in [-0.4, -0.2) is 12.1 Å². The zero-order valence-electron chi connectivity index (χ0n) is 7.53. The molecule has 0 aliphatic heterocycles. The number of ketones is 1. The fourth-order valence-electron chi connectivity index (χ4n) is 1.11. The van der Waals surface area contributed by atoms with E-state index in [1.807, 2.05) is 0 Å². The van der Waals surface area contributed by atoms with Gasteiger partial charge in [-0.15, -0.1) is 12.6 Å². The molecule has 0 aromatic heterocycles. The number of rotatable bonds is 3. The molecule has 1 unspecified atom stereocenters. The monoisotopic (exact) mass is 272 g/mol. The van der Waals surface area contributed by atoms with Gasteiger partial charge < -0.3 is 0 Å². The number of hydrogen-bond acceptors (Lipinski definition) is 3. The van der Waals surface area contributed by atoms with Gasteiger partial charge in [0.25, 0.3) is 0 Å². The highest BCUT2D eigenvalue weighted by molar-refractivity contribution is 9.09. The van der Waals surface area contributed by atoms with Crippen LogP contribution in [0, 0.1) is 0 Å². The molecular weight excluding hydrogens is 264 g/mol. The van der Waals surface area contributed by atoms with E-state index >= 15 is 0 Å². The molecule has 0 saturated carbocycles. The van der Waals surface area contributed by atoms with E-state index in [0.29, 0.717) is 16.0 Å². The Bertz CT molecular complexity index is 376. The fourth-order valence-corrected chi connectivity index (χ4v) is 1.74. The molecule has 0 N–H and O–H groups in total.